The molecule has 0 saturated heterocycles. The second-order valence-corrected chi connectivity index (χ2v) is 8.04. The fourth-order valence-electron chi connectivity index (χ4n) is 3.75. The van der Waals surface area contributed by atoms with Crippen LogP contribution in [0.15, 0.2) is 24.3 Å². The molecule has 0 aromatic heterocycles. The highest BCUT2D eigenvalue weighted by Gasteiger charge is 1.97. The van der Waals surface area contributed by atoms with Gasteiger partial charge in [0.15, 0.2) is 0 Å². The first-order valence-electron chi connectivity index (χ1n) is 11.6. The van der Waals surface area contributed by atoms with E-state index in [2.05, 4.69) is 6.92 Å². The zero-order chi connectivity index (χ0) is 18.7. The summed E-state index contributed by atoms with van der Waals surface area (Å²) in [7, 11) is 0. The molecule has 0 bridgehead atoms. The predicted octanol–water partition coefficient (Wildman–Crippen LogP) is 9.02. The third kappa shape index (κ3) is 14.3. The van der Waals surface area contributed by atoms with Crippen molar-refractivity contribution in [3.63, 3.8) is 0 Å². The minimum absolute atomic E-state index is 0.102. The largest absolute Gasteiger partial charge is 0.207 e. The van der Waals surface area contributed by atoms with Crippen LogP contribution in [0, 0.1) is 5.82 Å². The van der Waals surface area contributed by atoms with Crippen LogP contribution in [0.25, 0.3) is 0 Å². The van der Waals surface area contributed by atoms with Crippen LogP contribution in [0.5, 0.6) is 0 Å². The zero-order valence-electron chi connectivity index (χ0n) is 17.4. The Kier molecular flexibility index (Phi) is 15.7. The lowest BCUT2D eigenvalue weighted by atomic mass is 10.0. The van der Waals surface area contributed by atoms with Crippen molar-refractivity contribution in [2.24, 2.45) is 0 Å². The summed E-state index contributed by atoms with van der Waals surface area (Å²) in [6.45, 7) is 2.29. The number of halogens is 1. The number of aryl methyl sites for hydroxylation is 1. The van der Waals surface area contributed by atoms with Crippen molar-refractivity contribution in [2.45, 2.75) is 122 Å². The molecule has 0 spiro atoms. The van der Waals surface area contributed by atoms with Crippen molar-refractivity contribution >= 4 is 0 Å². The van der Waals surface area contributed by atoms with E-state index in [4.69, 9.17) is 0 Å². The zero-order valence-corrected chi connectivity index (χ0v) is 17.4. The Labute approximate surface area is 163 Å². The summed E-state index contributed by atoms with van der Waals surface area (Å²) < 4.78 is 13.1. The molecule has 26 heavy (non-hydrogen) atoms. The van der Waals surface area contributed by atoms with Gasteiger partial charge in [-0.05, 0) is 30.5 Å². The number of rotatable bonds is 18. The molecule has 1 heteroatoms. The van der Waals surface area contributed by atoms with Crippen LogP contribution in [0.4, 0.5) is 4.39 Å². The van der Waals surface area contributed by atoms with Crippen molar-refractivity contribution in [2.75, 3.05) is 0 Å². The van der Waals surface area contributed by atoms with Crippen molar-refractivity contribution in [1.82, 2.24) is 0 Å². The highest BCUT2D eigenvalue weighted by molar-refractivity contribution is 5.16. The van der Waals surface area contributed by atoms with Crippen LogP contribution in [-0.4, -0.2) is 0 Å². The van der Waals surface area contributed by atoms with E-state index in [9.17, 15) is 4.39 Å². The van der Waals surface area contributed by atoms with Crippen LogP contribution in [0.3, 0.4) is 0 Å². The summed E-state index contributed by atoms with van der Waals surface area (Å²) >= 11 is 0. The van der Waals surface area contributed by atoms with Crippen molar-refractivity contribution in [3.8, 4) is 0 Å². The molecule has 0 amide bonds. The van der Waals surface area contributed by atoms with Gasteiger partial charge in [-0.1, -0.05) is 122 Å². The quantitative estimate of drug-likeness (QED) is 0.228. The first kappa shape index (κ1) is 23.2. The molecule has 0 atom stereocenters. The lowest BCUT2D eigenvalue weighted by Gasteiger charge is -2.04. The maximum atomic E-state index is 13.1. The molecule has 0 fully saturated rings. The van der Waals surface area contributed by atoms with Gasteiger partial charge in [-0.3, -0.25) is 0 Å². The molecule has 150 valence electrons. The van der Waals surface area contributed by atoms with Gasteiger partial charge in [-0.25, -0.2) is 4.39 Å². The van der Waals surface area contributed by atoms with E-state index >= 15 is 0 Å². The summed E-state index contributed by atoms with van der Waals surface area (Å²) in [6, 6.07) is 7.05. The monoisotopic (exact) mass is 362 g/mol. The van der Waals surface area contributed by atoms with Gasteiger partial charge in [0.25, 0.3) is 0 Å². The van der Waals surface area contributed by atoms with Gasteiger partial charge >= 0.3 is 0 Å². The van der Waals surface area contributed by atoms with Crippen molar-refractivity contribution in [3.05, 3.63) is 35.6 Å². The molecule has 0 aliphatic heterocycles. The molecule has 1 aromatic rings. The molecule has 1 aromatic carbocycles. The van der Waals surface area contributed by atoms with Crippen LogP contribution in [0.1, 0.15) is 122 Å². The van der Waals surface area contributed by atoms with Gasteiger partial charge in [-0.2, -0.15) is 0 Å². The molecule has 0 N–H and O–H groups in total. The van der Waals surface area contributed by atoms with Gasteiger partial charge in [-0.15, -0.1) is 0 Å². The van der Waals surface area contributed by atoms with E-state index in [1.165, 1.54) is 115 Å². The number of hydrogen-bond acceptors (Lipinski definition) is 0. The summed E-state index contributed by atoms with van der Waals surface area (Å²) in [5, 5.41) is 0. The maximum absolute atomic E-state index is 13.1. The summed E-state index contributed by atoms with van der Waals surface area (Å²) in [5.41, 5.74) is 1.14. The molecule has 0 aliphatic carbocycles. The summed E-state index contributed by atoms with van der Waals surface area (Å²) in [6.07, 6.45) is 24.9. The summed E-state index contributed by atoms with van der Waals surface area (Å²) in [5.74, 6) is -0.102. The van der Waals surface area contributed by atoms with E-state index in [0.717, 1.165) is 12.0 Å². The molecule has 0 radical (unpaired) electrons. The first-order chi connectivity index (χ1) is 12.8. The van der Waals surface area contributed by atoms with E-state index in [1.807, 2.05) is 12.1 Å². The molecule has 0 saturated carbocycles. The van der Waals surface area contributed by atoms with Gasteiger partial charge in [0, 0.05) is 0 Å². The molecular weight excluding hydrogens is 319 g/mol. The molecule has 0 nitrogen and oxygen atoms in total. The fourth-order valence-corrected chi connectivity index (χ4v) is 3.75. The fraction of sp³-hybridized carbons (Fsp3) is 0.760. The van der Waals surface area contributed by atoms with E-state index in [-0.39, 0.29) is 5.82 Å². The van der Waals surface area contributed by atoms with Crippen molar-refractivity contribution < 1.29 is 4.39 Å². The Morgan fingerprint density at radius 3 is 1.42 bits per heavy atom. The van der Waals surface area contributed by atoms with Crippen LogP contribution in [0.2, 0.25) is 0 Å². The normalized spacial score (nSPS) is 11.2. The van der Waals surface area contributed by atoms with Gasteiger partial charge in [0.05, 0.1) is 0 Å². The SMILES string of the molecule is CCCCCCCCCCCCCCCCCCCc1cccc(F)c1. The second kappa shape index (κ2) is 17.6. The van der Waals surface area contributed by atoms with Crippen LogP contribution in [-0.2, 0) is 6.42 Å². The minimum atomic E-state index is -0.102. The molecule has 0 aliphatic rings. The topological polar surface area (TPSA) is 0 Å². The van der Waals surface area contributed by atoms with Crippen LogP contribution >= 0.6 is 0 Å². The third-order valence-corrected chi connectivity index (χ3v) is 5.46. The Morgan fingerprint density at radius 2 is 1.00 bits per heavy atom. The highest BCUT2D eigenvalue weighted by atomic mass is 19.1. The summed E-state index contributed by atoms with van der Waals surface area (Å²) in [4.78, 5) is 0. The van der Waals surface area contributed by atoms with Gasteiger partial charge in [0.1, 0.15) is 5.82 Å². The van der Waals surface area contributed by atoms with Gasteiger partial charge in [0.2, 0.25) is 0 Å². The van der Waals surface area contributed by atoms with Crippen molar-refractivity contribution in [1.29, 1.82) is 0 Å². The number of hydrogen-bond donors (Lipinski definition) is 0. The molecule has 1 rings (SSSR count). The average molecular weight is 363 g/mol. The Balaban J connectivity index is 1.73. The Morgan fingerprint density at radius 1 is 0.577 bits per heavy atom. The molecule has 0 heterocycles. The smallest absolute Gasteiger partial charge is 0.123 e. The Bertz CT molecular complexity index is 412. The standard InChI is InChI=1S/C25H43F/c1-2-3-4-5-6-7-8-9-10-11-12-13-14-15-16-17-18-20-24-21-19-22-25(26)23-24/h19,21-23H,2-18,20H2,1H3. The lowest BCUT2D eigenvalue weighted by Crippen LogP contribution is -1.87. The molecular formula is C25H43F. The van der Waals surface area contributed by atoms with E-state index in [0.29, 0.717) is 0 Å². The minimum Gasteiger partial charge on any atom is -0.207 e. The maximum Gasteiger partial charge on any atom is 0.123 e. The third-order valence-electron chi connectivity index (χ3n) is 5.46. The van der Waals surface area contributed by atoms with Crippen LogP contribution < -0.4 is 0 Å². The Hall–Kier alpha value is -0.850. The first-order valence-corrected chi connectivity index (χ1v) is 11.6. The lowest BCUT2D eigenvalue weighted by molar-refractivity contribution is 0.527. The number of unbranched alkanes of at least 4 members (excludes halogenated alkanes) is 16. The molecule has 0 unspecified atom stereocenters. The average Bonchev–Trinajstić information content (AvgIpc) is 2.64. The predicted molar refractivity (Wildman–Crippen MR) is 114 cm³/mol. The van der Waals surface area contributed by atoms with E-state index in [1.54, 1.807) is 6.07 Å². The number of benzene rings is 1. The second-order valence-electron chi connectivity index (χ2n) is 8.04. The van der Waals surface area contributed by atoms with Gasteiger partial charge < -0.3 is 0 Å². The van der Waals surface area contributed by atoms with E-state index < -0.39 is 0 Å². The highest BCUT2D eigenvalue weighted by Crippen LogP contribution is 2.15.